The third-order valence-electron chi connectivity index (χ3n) is 4.91. The van der Waals surface area contributed by atoms with Crippen LogP contribution in [0.25, 0.3) is 0 Å². The van der Waals surface area contributed by atoms with Gasteiger partial charge in [0, 0.05) is 18.9 Å². The minimum absolute atomic E-state index is 0.0290. The van der Waals surface area contributed by atoms with Gasteiger partial charge >= 0.3 is 0 Å². The second kappa shape index (κ2) is 20.3. The van der Waals surface area contributed by atoms with E-state index < -0.39 is 5.97 Å². The minimum Gasteiger partial charge on any atom is -0.550 e. The Morgan fingerprint density at radius 2 is 1.00 bits per heavy atom. The van der Waals surface area contributed by atoms with Gasteiger partial charge in [-0.05, 0) is 12.8 Å². The van der Waals surface area contributed by atoms with Gasteiger partial charge in [-0.3, -0.25) is 4.79 Å². The van der Waals surface area contributed by atoms with E-state index in [1.807, 2.05) is 0 Å². The molecular formula is C22H42NO3-. The fourth-order valence-corrected chi connectivity index (χ4v) is 3.20. The molecule has 0 saturated carbocycles. The smallest absolute Gasteiger partial charge is 0.220 e. The van der Waals surface area contributed by atoms with Crippen molar-refractivity contribution in [1.82, 2.24) is 5.32 Å². The van der Waals surface area contributed by atoms with E-state index in [9.17, 15) is 14.7 Å². The van der Waals surface area contributed by atoms with E-state index in [4.69, 9.17) is 0 Å². The van der Waals surface area contributed by atoms with Crippen molar-refractivity contribution < 1.29 is 14.7 Å². The third-order valence-corrected chi connectivity index (χ3v) is 4.91. The molecule has 0 radical (unpaired) electrons. The van der Waals surface area contributed by atoms with Crippen molar-refractivity contribution in [3.05, 3.63) is 0 Å². The van der Waals surface area contributed by atoms with E-state index in [1.165, 1.54) is 89.9 Å². The van der Waals surface area contributed by atoms with Gasteiger partial charge in [0.1, 0.15) is 0 Å². The molecule has 0 bridgehead atoms. The van der Waals surface area contributed by atoms with Crippen LogP contribution in [0.15, 0.2) is 0 Å². The molecule has 1 N–H and O–H groups in total. The summed E-state index contributed by atoms with van der Waals surface area (Å²) in [5.74, 6) is -1.35. The highest BCUT2D eigenvalue weighted by atomic mass is 16.4. The van der Waals surface area contributed by atoms with Gasteiger partial charge in [-0.2, -0.15) is 0 Å². The molecule has 0 aliphatic carbocycles. The molecule has 0 saturated heterocycles. The van der Waals surface area contributed by atoms with Crippen LogP contribution in [0.2, 0.25) is 0 Å². The van der Waals surface area contributed by atoms with E-state index in [0.29, 0.717) is 6.54 Å². The maximum absolute atomic E-state index is 11.3. The highest BCUT2D eigenvalue weighted by Crippen LogP contribution is 2.13. The van der Waals surface area contributed by atoms with E-state index in [2.05, 4.69) is 12.2 Å². The Labute approximate surface area is 161 Å². The first-order chi connectivity index (χ1) is 12.7. The monoisotopic (exact) mass is 368 g/mol. The normalized spacial score (nSPS) is 10.8. The fraction of sp³-hybridized carbons (Fsp3) is 0.909. The van der Waals surface area contributed by atoms with Gasteiger partial charge in [0.15, 0.2) is 0 Å². The second-order valence-corrected chi connectivity index (χ2v) is 7.53. The third kappa shape index (κ3) is 21.0. The summed E-state index contributed by atoms with van der Waals surface area (Å²) in [4.78, 5) is 21.6. The van der Waals surface area contributed by atoms with Gasteiger partial charge < -0.3 is 15.2 Å². The molecule has 0 heterocycles. The van der Waals surface area contributed by atoms with Crippen molar-refractivity contribution in [2.24, 2.45) is 0 Å². The zero-order chi connectivity index (χ0) is 19.3. The topological polar surface area (TPSA) is 69.2 Å². The molecule has 0 aromatic carbocycles. The summed E-state index contributed by atoms with van der Waals surface area (Å²) in [5, 5.41) is 13.0. The summed E-state index contributed by atoms with van der Waals surface area (Å²) in [6.45, 7) is 2.93. The molecule has 0 unspecified atom stereocenters. The average molecular weight is 369 g/mol. The van der Waals surface area contributed by atoms with Crippen molar-refractivity contribution in [2.45, 2.75) is 122 Å². The van der Waals surface area contributed by atoms with E-state index >= 15 is 0 Å². The van der Waals surface area contributed by atoms with Crippen LogP contribution in [0.3, 0.4) is 0 Å². The van der Waals surface area contributed by atoms with Crippen LogP contribution >= 0.6 is 0 Å². The molecule has 0 aliphatic heterocycles. The Hall–Kier alpha value is -1.06. The predicted molar refractivity (Wildman–Crippen MR) is 107 cm³/mol. The van der Waals surface area contributed by atoms with Crippen LogP contribution in [0, 0.1) is 0 Å². The van der Waals surface area contributed by atoms with Crippen LogP contribution in [-0.2, 0) is 9.59 Å². The number of amides is 1. The molecule has 0 spiro atoms. The number of nitrogens with one attached hydrogen (secondary N) is 1. The van der Waals surface area contributed by atoms with Crippen LogP contribution in [0.1, 0.15) is 122 Å². The first-order valence-corrected chi connectivity index (χ1v) is 11.1. The number of hydrogen-bond donors (Lipinski definition) is 1. The molecule has 0 aliphatic rings. The van der Waals surface area contributed by atoms with Crippen LogP contribution in [-0.4, -0.2) is 18.4 Å². The first kappa shape index (κ1) is 24.9. The molecule has 0 fully saturated rings. The summed E-state index contributed by atoms with van der Waals surface area (Å²) in [6, 6.07) is 0. The van der Waals surface area contributed by atoms with Crippen molar-refractivity contribution in [3.8, 4) is 0 Å². The number of rotatable bonds is 20. The lowest BCUT2D eigenvalue weighted by atomic mass is 10.0. The Bertz CT molecular complexity index is 331. The molecule has 154 valence electrons. The lowest BCUT2D eigenvalue weighted by Gasteiger charge is -2.06. The van der Waals surface area contributed by atoms with Crippen LogP contribution < -0.4 is 10.4 Å². The van der Waals surface area contributed by atoms with Gasteiger partial charge in [0.2, 0.25) is 5.91 Å². The Balaban J connectivity index is 3.09. The Morgan fingerprint density at radius 3 is 1.38 bits per heavy atom. The van der Waals surface area contributed by atoms with Crippen LogP contribution in [0.4, 0.5) is 0 Å². The molecule has 4 heteroatoms. The summed E-state index contributed by atoms with van der Waals surface area (Å²) in [5.41, 5.74) is 0. The second-order valence-electron chi connectivity index (χ2n) is 7.53. The summed E-state index contributed by atoms with van der Waals surface area (Å²) >= 11 is 0. The zero-order valence-corrected chi connectivity index (χ0v) is 17.2. The minimum atomic E-state index is -1.16. The number of aliphatic carboxylic acids is 1. The quantitative estimate of drug-likeness (QED) is 0.311. The van der Waals surface area contributed by atoms with Crippen LogP contribution in [0.5, 0.6) is 0 Å². The lowest BCUT2D eigenvalue weighted by molar-refractivity contribution is -0.305. The number of carboxylic acids is 1. The van der Waals surface area contributed by atoms with E-state index in [-0.39, 0.29) is 18.7 Å². The largest absolute Gasteiger partial charge is 0.550 e. The predicted octanol–water partition coefficient (Wildman–Crippen LogP) is 4.89. The summed E-state index contributed by atoms with van der Waals surface area (Å²) in [7, 11) is 0. The maximum atomic E-state index is 11.3. The number of hydrogen-bond acceptors (Lipinski definition) is 3. The van der Waals surface area contributed by atoms with Gasteiger partial charge in [0.05, 0.1) is 0 Å². The standard InChI is InChI=1S/C22H43NO3/c1-2-3-4-5-6-7-8-9-10-11-12-13-14-15-16-17-20-23-21(24)18-19-22(25)26/h2-20H2,1H3,(H,23,24)(H,25,26)/p-1. The first-order valence-electron chi connectivity index (χ1n) is 11.1. The van der Waals surface area contributed by atoms with Gasteiger partial charge in [-0.1, -0.05) is 103 Å². The molecule has 26 heavy (non-hydrogen) atoms. The van der Waals surface area contributed by atoms with Gasteiger partial charge in [0.25, 0.3) is 0 Å². The number of carboxylic acid groups (broad SMARTS) is 1. The Morgan fingerprint density at radius 1 is 0.615 bits per heavy atom. The summed E-state index contributed by atoms with van der Waals surface area (Å²) < 4.78 is 0. The van der Waals surface area contributed by atoms with E-state index in [1.54, 1.807) is 0 Å². The molecular weight excluding hydrogens is 326 g/mol. The Kier molecular flexibility index (Phi) is 19.4. The lowest BCUT2D eigenvalue weighted by Crippen LogP contribution is -2.28. The average Bonchev–Trinajstić information content (AvgIpc) is 2.62. The maximum Gasteiger partial charge on any atom is 0.220 e. The highest BCUT2D eigenvalue weighted by Gasteiger charge is 2.00. The molecule has 0 aromatic heterocycles. The number of carbonyl (C=O) groups excluding carboxylic acids is 2. The molecule has 4 nitrogen and oxygen atoms in total. The molecule has 1 amide bonds. The zero-order valence-electron chi connectivity index (χ0n) is 17.2. The van der Waals surface area contributed by atoms with Gasteiger partial charge in [-0.25, -0.2) is 0 Å². The van der Waals surface area contributed by atoms with Crippen molar-refractivity contribution in [2.75, 3.05) is 6.54 Å². The molecule has 0 atom stereocenters. The van der Waals surface area contributed by atoms with Crippen molar-refractivity contribution >= 4 is 11.9 Å². The van der Waals surface area contributed by atoms with Crippen molar-refractivity contribution in [1.29, 1.82) is 0 Å². The molecule has 0 rings (SSSR count). The summed E-state index contributed by atoms with van der Waals surface area (Å²) in [6.07, 6.45) is 21.2. The van der Waals surface area contributed by atoms with Gasteiger partial charge in [-0.15, -0.1) is 0 Å². The fourth-order valence-electron chi connectivity index (χ4n) is 3.20. The SMILES string of the molecule is CCCCCCCCCCCCCCCCCCNC(=O)CCC(=O)[O-]. The number of unbranched alkanes of at least 4 members (excludes halogenated alkanes) is 15. The highest BCUT2D eigenvalue weighted by molar-refractivity contribution is 5.79. The van der Waals surface area contributed by atoms with Crippen molar-refractivity contribution in [3.63, 3.8) is 0 Å². The molecule has 0 aromatic rings. The van der Waals surface area contributed by atoms with E-state index in [0.717, 1.165) is 12.8 Å². The number of carbonyl (C=O) groups is 2.